The molecule has 2 aliphatic heterocycles. The van der Waals surface area contributed by atoms with Gasteiger partial charge in [0.1, 0.15) is 6.04 Å². The number of carbonyl (C=O) groups is 1. The molecule has 1 atom stereocenters. The van der Waals surface area contributed by atoms with Crippen molar-refractivity contribution in [1.29, 1.82) is 0 Å². The SMILES string of the molecule is O=C([C@@H]1CCCN1S(=O)(=O)c1ccc(Cl)cc1)N1CCN(Cc2ccncc2)CC1. The minimum atomic E-state index is -3.73. The maximum absolute atomic E-state index is 13.2. The van der Waals surface area contributed by atoms with E-state index >= 15 is 0 Å². The van der Waals surface area contributed by atoms with Crippen LogP contribution in [0, 0.1) is 0 Å². The molecule has 160 valence electrons. The zero-order chi connectivity index (χ0) is 21.1. The Morgan fingerprint density at radius 1 is 1.00 bits per heavy atom. The number of aromatic nitrogens is 1. The number of hydrogen-bond acceptors (Lipinski definition) is 5. The molecule has 2 fully saturated rings. The van der Waals surface area contributed by atoms with Gasteiger partial charge in [-0.15, -0.1) is 0 Å². The van der Waals surface area contributed by atoms with Crippen LogP contribution in [0.2, 0.25) is 5.02 Å². The molecule has 30 heavy (non-hydrogen) atoms. The number of benzene rings is 1. The smallest absolute Gasteiger partial charge is 0.243 e. The first-order chi connectivity index (χ1) is 14.4. The molecule has 1 aromatic heterocycles. The highest BCUT2D eigenvalue weighted by atomic mass is 35.5. The molecule has 1 amide bonds. The lowest BCUT2D eigenvalue weighted by molar-refractivity contribution is -0.136. The largest absolute Gasteiger partial charge is 0.339 e. The number of piperazine rings is 1. The molecule has 0 radical (unpaired) electrons. The van der Waals surface area contributed by atoms with E-state index in [0.29, 0.717) is 37.5 Å². The summed E-state index contributed by atoms with van der Waals surface area (Å²) < 4.78 is 27.6. The van der Waals surface area contributed by atoms with Gasteiger partial charge in [-0.3, -0.25) is 14.7 Å². The topological polar surface area (TPSA) is 73.8 Å². The lowest BCUT2D eigenvalue weighted by atomic mass is 10.1. The highest BCUT2D eigenvalue weighted by molar-refractivity contribution is 7.89. The summed E-state index contributed by atoms with van der Waals surface area (Å²) in [5.41, 5.74) is 1.20. The number of hydrogen-bond donors (Lipinski definition) is 0. The lowest BCUT2D eigenvalue weighted by Crippen LogP contribution is -2.54. The Hall–Kier alpha value is -2.00. The van der Waals surface area contributed by atoms with E-state index in [9.17, 15) is 13.2 Å². The fourth-order valence-corrected chi connectivity index (χ4v) is 5.88. The van der Waals surface area contributed by atoms with E-state index in [2.05, 4.69) is 9.88 Å². The van der Waals surface area contributed by atoms with Crippen molar-refractivity contribution < 1.29 is 13.2 Å². The van der Waals surface area contributed by atoms with Crippen molar-refractivity contribution in [3.8, 4) is 0 Å². The molecular formula is C21H25ClN4O3S. The molecule has 0 spiro atoms. The van der Waals surface area contributed by atoms with Gasteiger partial charge in [-0.05, 0) is 54.8 Å². The molecule has 0 aliphatic carbocycles. The maximum Gasteiger partial charge on any atom is 0.243 e. The fourth-order valence-electron chi connectivity index (χ4n) is 4.10. The average Bonchev–Trinajstić information content (AvgIpc) is 3.26. The second-order valence-electron chi connectivity index (χ2n) is 7.68. The number of pyridine rings is 1. The van der Waals surface area contributed by atoms with E-state index < -0.39 is 16.1 Å². The number of nitrogens with zero attached hydrogens (tertiary/aromatic N) is 4. The van der Waals surface area contributed by atoms with Crippen LogP contribution in [0.25, 0.3) is 0 Å². The van der Waals surface area contributed by atoms with Crippen molar-refractivity contribution in [2.45, 2.75) is 30.3 Å². The van der Waals surface area contributed by atoms with Crippen LogP contribution in [0.3, 0.4) is 0 Å². The van der Waals surface area contributed by atoms with Crippen LogP contribution >= 0.6 is 11.6 Å². The summed E-state index contributed by atoms with van der Waals surface area (Å²) in [4.78, 5) is 21.5. The predicted octanol–water partition coefficient (Wildman–Crippen LogP) is 2.23. The van der Waals surface area contributed by atoms with Gasteiger partial charge in [0.2, 0.25) is 15.9 Å². The van der Waals surface area contributed by atoms with Gasteiger partial charge >= 0.3 is 0 Å². The monoisotopic (exact) mass is 448 g/mol. The van der Waals surface area contributed by atoms with Crippen LogP contribution in [0.1, 0.15) is 18.4 Å². The molecular weight excluding hydrogens is 424 g/mol. The van der Waals surface area contributed by atoms with Crippen molar-refractivity contribution >= 4 is 27.5 Å². The number of rotatable bonds is 5. The first-order valence-corrected chi connectivity index (χ1v) is 11.9. The summed E-state index contributed by atoms with van der Waals surface area (Å²) in [5, 5.41) is 0.479. The Bertz CT molecular complexity index is 977. The van der Waals surface area contributed by atoms with Gasteiger partial charge in [0.05, 0.1) is 4.90 Å². The minimum Gasteiger partial charge on any atom is -0.339 e. The first kappa shape index (κ1) is 21.2. The standard InChI is InChI=1S/C21H25ClN4O3S/c22-18-3-5-19(6-4-18)30(28,29)26-11-1-2-20(26)21(27)25-14-12-24(13-15-25)16-17-7-9-23-10-8-17/h3-10,20H,1-2,11-16H2/t20-/m0/s1. The maximum atomic E-state index is 13.2. The van der Waals surface area contributed by atoms with Gasteiger partial charge in [0.15, 0.2) is 0 Å². The van der Waals surface area contributed by atoms with Crippen molar-refractivity contribution in [2.24, 2.45) is 0 Å². The molecule has 4 rings (SSSR count). The molecule has 2 aliphatic rings. The molecule has 0 N–H and O–H groups in total. The Morgan fingerprint density at radius 2 is 1.67 bits per heavy atom. The Kier molecular flexibility index (Phi) is 6.38. The van der Waals surface area contributed by atoms with Crippen molar-refractivity contribution in [3.05, 3.63) is 59.4 Å². The second kappa shape index (κ2) is 9.01. The Labute approximate surface area is 182 Å². The van der Waals surface area contributed by atoms with Gasteiger partial charge in [-0.2, -0.15) is 4.31 Å². The second-order valence-corrected chi connectivity index (χ2v) is 10.0. The van der Waals surface area contributed by atoms with E-state index in [1.807, 2.05) is 17.0 Å². The molecule has 7 nitrogen and oxygen atoms in total. The molecule has 0 unspecified atom stereocenters. The van der Waals surface area contributed by atoms with Crippen LogP contribution in [-0.4, -0.2) is 72.2 Å². The van der Waals surface area contributed by atoms with E-state index in [0.717, 1.165) is 19.6 Å². The van der Waals surface area contributed by atoms with E-state index in [-0.39, 0.29) is 10.8 Å². The van der Waals surface area contributed by atoms with Crippen molar-refractivity contribution in [3.63, 3.8) is 0 Å². The zero-order valence-electron chi connectivity index (χ0n) is 16.7. The summed E-state index contributed by atoms with van der Waals surface area (Å²) in [6, 6.07) is 9.47. The van der Waals surface area contributed by atoms with Crippen molar-refractivity contribution in [2.75, 3.05) is 32.7 Å². The fraction of sp³-hybridized carbons (Fsp3) is 0.429. The number of halogens is 1. The number of sulfonamides is 1. The first-order valence-electron chi connectivity index (χ1n) is 10.1. The van der Waals surface area contributed by atoms with Crippen LogP contribution in [-0.2, 0) is 21.4 Å². The minimum absolute atomic E-state index is 0.0893. The van der Waals surface area contributed by atoms with E-state index in [1.165, 1.54) is 22.0 Å². The third kappa shape index (κ3) is 4.51. The molecule has 0 bridgehead atoms. The quantitative estimate of drug-likeness (QED) is 0.701. The number of amides is 1. The van der Waals surface area contributed by atoms with Crippen molar-refractivity contribution in [1.82, 2.24) is 19.1 Å². The summed E-state index contributed by atoms with van der Waals surface area (Å²) >= 11 is 5.89. The molecule has 9 heteroatoms. The Balaban J connectivity index is 1.40. The number of carbonyl (C=O) groups excluding carboxylic acids is 1. The third-order valence-electron chi connectivity index (χ3n) is 5.75. The van der Waals surface area contributed by atoms with Gasteiger partial charge in [0.25, 0.3) is 0 Å². The third-order valence-corrected chi connectivity index (χ3v) is 7.92. The molecule has 2 saturated heterocycles. The summed E-state index contributed by atoms with van der Waals surface area (Å²) in [5.74, 6) is -0.0893. The normalized spacial score (nSPS) is 21.1. The van der Waals surface area contributed by atoms with Gasteiger partial charge < -0.3 is 4.90 Å². The highest BCUT2D eigenvalue weighted by Gasteiger charge is 2.41. The van der Waals surface area contributed by atoms with Crippen LogP contribution in [0.4, 0.5) is 0 Å². The van der Waals surface area contributed by atoms with Crippen LogP contribution in [0.15, 0.2) is 53.7 Å². The van der Waals surface area contributed by atoms with E-state index in [4.69, 9.17) is 11.6 Å². The molecule has 2 aromatic rings. The zero-order valence-corrected chi connectivity index (χ0v) is 18.2. The van der Waals surface area contributed by atoms with Gasteiger partial charge in [-0.25, -0.2) is 8.42 Å². The van der Waals surface area contributed by atoms with E-state index in [1.54, 1.807) is 24.5 Å². The molecule has 1 aromatic carbocycles. The molecule has 3 heterocycles. The van der Waals surface area contributed by atoms with Gasteiger partial charge in [0, 0.05) is 56.7 Å². The Morgan fingerprint density at radius 3 is 2.33 bits per heavy atom. The summed E-state index contributed by atoms with van der Waals surface area (Å²) in [7, 11) is -3.73. The van der Waals surface area contributed by atoms with Gasteiger partial charge in [-0.1, -0.05) is 11.6 Å². The molecule has 0 saturated carbocycles. The highest BCUT2D eigenvalue weighted by Crippen LogP contribution is 2.28. The predicted molar refractivity (Wildman–Crippen MR) is 114 cm³/mol. The lowest BCUT2D eigenvalue weighted by Gasteiger charge is -2.37. The van der Waals surface area contributed by atoms with Crippen LogP contribution in [0.5, 0.6) is 0 Å². The summed E-state index contributed by atoms with van der Waals surface area (Å²) in [6.45, 7) is 3.94. The average molecular weight is 449 g/mol. The van der Waals surface area contributed by atoms with Crippen LogP contribution < -0.4 is 0 Å². The summed E-state index contributed by atoms with van der Waals surface area (Å²) in [6.07, 6.45) is 4.81.